The highest BCUT2D eigenvalue weighted by Gasteiger charge is 2.15. The minimum atomic E-state index is -0.145. The van der Waals surface area contributed by atoms with E-state index < -0.39 is 0 Å². The number of benzene rings is 2. The third kappa shape index (κ3) is 3.06. The number of nitrogens with zero attached hydrogens (tertiary/aromatic N) is 6. The van der Waals surface area contributed by atoms with Crippen molar-refractivity contribution in [2.45, 2.75) is 0 Å². The van der Waals surface area contributed by atoms with Crippen LogP contribution < -0.4 is 4.90 Å². The number of nitriles is 3. The van der Waals surface area contributed by atoms with Crippen LogP contribution in [-0.2, 0) is 0 Å². The molecule has 0 unspecified atom stereocenters. The molecule has 0 saturated heterocycles. The number of hydrogen-bond acceptors (Lipinski definition) is 6. The second-order valence-corrected chi connectivity index (χ2v) is 5.39. The average molecular weight is 336 g/mol. The van der Waals surface area contributed by atoms with Crippen molar-refractivity contribution in [3.05, 3.63) is 71.7 Å². The molecule has 2 aromatic carbocycles. The van der Waals surface area contributed by atoms with E-state index >= 15 is 0 Å². The molecule has 0 N–H and O–H groups in total. The van der Waals surface area contributed by atoms with Crippen LogP contribution in [0.2, 0.25) is 0 Å². The van der Waals surface area contributed by atoms with Crippen LogP contribution in [0.25, 0.3) is 11.3 Å². The Morgan fingerprint density at radius 1 is 0.692 bits per heavy atom. The predicted octanol–water partition coefficient (Wildman–Crippen LogP) is 3.53. The van der Waals surface area contributed by atoms with Gasteiger partial charge in [0.25, 0.3) is 0 Å². The van der Waals surface area contributed by atoms with E-state index in [4.69, 9.17) is 10.5 Å². The molecule has 122 valence electrons. The van der Waals surface area contributed by atoms with Gasteiger partial charge >= 0.3 is 0 Å². The summed E-state index contributed by atoms with van der Waals surface area (Å²) in [5.74, 6) is 0. The fraction of sp³-hybridized carbons (Fsp3) is 0.0500. The smallest absolute Gasteiger partial charge is 0.178 e. The van der Waals surface area contributed by atoms with Gasteiger partial charge in [-0.25, -0.2) is 9.97 Å². The number of aromatic nitrogens is 2. The van der Waals surface area contributed by atoms with Crippen molar-refractivity contribution in [1.82, 2.24) is 9.97 Å². The van der Waals surface area contributed by atoms with Crippen LogP contribution in [0.5, 0.6) is 0 Å². The first-order valence-corrected chi connectivity index (χ1v) is 7.69. The second kappa shape index (κ2) is 7.13. The number of rotatable bonds is 3. The molecule has 0 atom stereocenters. The van der Waals surface area contributed by atoms with E-state index in [0.29, 0.717) is 5.56 Å². The highest BCUT2D eigenvalue weighted by molar-refractivity contribution is 5.70. The largest absolute Gasteiger partial charge is 0.345 e. The zero-order valence-electron chi connectivity index (χ0n) is 13.9. The molecule has 0 saturated carbocycles. The lowest BCUT2D eigenvalue weighted by atomic mass is 10.1. The molecular weight excluding hydrogens is 324 g/mol. The minimum absolute atomic E-state index is 0.0183. The number of hydrogen-bond donors (Lipinski definition) is 0. The molecule has 26 heavy (non-hydrogen) atoms. The Hall–Kier alpha value is -4.21. The third-order valence-electron chi connectivity index (χ3n) is 3.89. The lowest BCUT2D eigenvalue weighted by Crippen LogP contribution is -2.09. The van der Waals surface area contributed by atoms with Crippen molar-refractivity contribution in [3.63, 3.8) is 0 Å². The van der Waals surface area contributed by atoms with Crippen molar-refractivity contribution in [2.24, 2.45) is 0 Å². The van der Waals surface area contributed by atoms with E-state index in [1.807, 2.05) is 78.7 Å². The van der Waals surface area contributed by atoms with E-state index in [9.17, 15) is 5.26 Å². The summed E-state index contributed by atoms with van der Waals surface area (Å²) in [7, 11) is 1.96. The van der Waals surface area contributed by atoms with Crippen molar-refractivity contribution in [3.8, 4) is 29.5 Å². The molecule has 0 radical (unpaired) electrons. The second-order valence-electron chi connectivity index (χ2n) is 5.39. The van der Waals surface area contributed by atoms with Gasteiger partial charge in [0.1, 0.15) is 23.9 Å². The fourth-order valence-electron chi connectivity index (χ4n) is 2.51. The molecule has 0 spiro atoms. The van der Waals surface area contributed by atoms with Crippen molar-refractivity contribution < 1.29 is 0 Å². The molecule has 6 nitrogen and oxygen atoms in total. The topological polar surface area (TPSA) is 100 Å². The summed E-state index contributed by atoms with van der Waals surface area (Å²) < 4.78 is 0. The van der Waals surface area contributed by atoms with Crippen LogP contribution in [0.1, 0.15) is 17.1 Å². The first-order chi connectivity index (χ1) is 12.7. The fourth-order valence-corrected chi connectivity index (χ4v) is 2.51. The van der Waals surface area contributed by atoms with E-state index in [-0.39, 0.29) is 22.8 Å². The summed E-state index contributed by atoms with van der Waals surface area (Å²) >= 11 is 0. The SMILES string of the molecule is CN(c1ccccc1)c1ccc(-c2nc(C#N)c(C#N)nc2C#N)cc1. The zero-order valence-corrected chi connectivity index (χ0v) is 13.9. The standard InChI is InChI=1S/C20H12N6/c1-26(15-5-3-2-4-6-15)16-9-7-14(8-10-16)20-19(13-23)24-17(11-21)18(12-22)25-20/h2-10H,1H3. The van der Waals surface area contributed by atoms with Crippen LogP contribution in [0.4, 0.5) is 11.4 Å². The maximum atomic E-state index is 9.30. The monoisotopic (exact) mass is 336 g/mol. The Bertz CT molecular complexity index is 1070. The van der Waals surface area contributed by atoms with E-state index in [1.54, 1.807) is 6.07 Å². The van der Waals surface area contributed by atoms with Gasteiger partial charge in [-0.1, -0.05) is 30.3 Å². The van der Waals surface area contributed by atoms with Gasteiger partial charge in [0.05, 0.1) is 0 Å². The summed E-state index contributed by atoms with van der Waals surface area (Å²) in [4.78, 5) is 10.1. The Labute approximate surface area is 150 Å². The van der Waals surface area contributed by atoms with E-state index in [2.05, 4.69) is 9.97 Å². The van der Waals surface area contributed by atoms with E-state index in [1.165, 1.54) is 0 Å². The summed E-state index contributed by atoms with van der Waals surface area (Å²) in [6, 6.07) is 22.9. The Morgan fingerprint density at radius 2 is 1.23 bits per heavy atom. The molecule has 1 heterocycles. The van der Waals surface area contributed by atoms with Gasteiger partial charge in [-0.05, 0) is 24.3 Å². The highest BCUT2D eigenvalue weighted by atomic mass is 15.1. The van der Waals surface area contributed by atoms with Gasteiger partial charge in [-0.15, -0.1) is 0 Å². The van der Waals surface area contributed by atoms with Crippen molar-refractivity contribution >= 4 is 11.4 Å². The number of anilines is 2. The minimum Gasteiger partial charge on any atom is -0.345 e. The Morgan fingerprint density at radius 3 is 1.81 bits per heavy atom. The molecule has 0 bridgehead atoms. The molecule has 0 aliphatic rings. The zero-order chi connectivity index (χ0) is 18.5. The lowest BCUT2D eigenvalue weighted by molar-refractivity contribution is 1.11. The first-order valence-electron chi connectivity index (χ1n) is 7.69. The molecule has 3 aromatic rings. The molecule has 1 aromatic heterocycles. The highest BCUT2D eigenvalue weighted by Crippen LogP contribution is 2.27. The van der Waals surface area contributed by atoms with E-state index in [0.717, 1.165) is 11.4 Å². The molecular formula is C20H12N6. The van der Waals surface area contributed by atoms with Gasteiger partial charge in [-0.2, -0.15) is 15.8 Å². The first kappa shape index (κ1) is 16.6. The Kier molecular flexibility index (Phi) is 4.56. The molecule has 3 rings (SSSR count). The van der Waals surface area contributed by atoms with Gasteiger partial charge in [0.2, 0.25) is 0 Å². The number of para-hydroxylation sites is 1. The summed E-state index contributed by atoms with van der Waals surface area (Å²) in [6.07, 6.45) is 0. The molecule has 0 fully saturated rings. The van der Waals surface area contributed by atoms with Crippen molar-refractivity contribution in [1.29, 1.82) is 15.8 Å². The van der Waals surface area contributed by atoms with Gasteiger partial charge in [0, 0.05) is 24.0 Å². The Balaban J connectivity index is 2.01. The predicted molar refractivity (Wildman–Crippen MR) is 96.1 cm³/mol. The lowest BCUT2D eigenvalue weighted by Gasteiger charge is -2.19. The quantitative estimate of drug-likeness (QED) is 0.725. The van der Waals surface area contributed by atoms with Gasteiger partial charge < -0.3 is 4.90 Å². The van der Waals surface area contributed by atoms with Crippen LogP contribution in [0.15, 0.2) is 54.6 Å². The normalized spacial score (nSPS) is 9.62. The molecule has 0 amide bonds. The van der Waals surface area contributed by atoms with Crippen LogP contribution in [0, 0.1) is 34.0 Å². The van der Waals surface area contributed by atoms with Crippen LogP contribution in [-0.4, -0.2) is 17.0 Å². The molecule has 6 heteroatoms. The third-order valence-corrected chi connectivity index (χ3v) is 3.89. The van der Waals surface area contributed by atoms with Gasteiger partial charge in [0.15, 0.2) is 17.1 Å². The average Bonchev–Trinajstić information content (AvgIpc) is 2.72. The van der Waals surface area contributed by atoms with Crippen LogP contribution >= 0.6 is 0 Å². The molecule has 0 aliphatic heterocycles. The van der Waals surface area contributed by atoms with Gasteiger partial charge in [-0.3, -0.25) is 0 Å². The molecule has 0 aliphatic carbocycles. The maximum Gasteiger partial charge on any atom is 0.178 e. The van der Waals surface area contributed by atoms with Crippen molar-refractivity contribution in [2.75, 3.05) is 11.9 Å². The summed E-state index contributed by atoms with van der Waals surface area (Å²) in [6.45, 7) is 0. The summed E-state index contributed by atoms with van der Waals surface area (Å²) in [5, 5.41) is 27.5. The van der Waals surface area contributed by atoms with Crippen LogP contribution in [0.3, 0.4) is 0 Å². The maximum absolute atomic E-state index is 9.30. The summed E-state index contributed by atoms with van der Waals surface area (Å²) in [5.41, 5.74) is 2.73.